The number of aryl methyl sites for hydroxylation is 1. The van der Waals surface area contributed by atoms with Crippen LogP contribution in [0, 0.1) is 0 Å². The number of nitrogens with one attached hydrogen (secondary N) is 1. The normalized spacial score (nSPS) is 11.2. The van der Waals surface area contributed by atoms with E-state index in [1.165, 1.54) is 23.4 Å². The highest BCUT2D eigenvalue weighted by Gasteiger charge is 2.20. The number of nitrogens with zero attached hydrogens (tertiary/aromatic N) is 3. The summed E-state index contributed by atoms with van der Waals surface area (Å²) in [6, 6.07) is 9.92. The number of hydrogen-bond donors (Lipinski definition) is 1. The molecule has 0 radical (unpaired) electrons. The number of pyridine rings is 1. The van der Waals surface area contributed by atoms with Crippen molar-refractivity contribution in [2.75, 3.05) is 11.1 Å². The number of rotatable bonds is 6. The lowest BCUT2D eigenvalue weighted by atomic mass is 10.0. The lowest BCUT2D eigenvalue weighted by molar-refractivity contribution is -0.113. The Morgan fingerprint density at radius 3 is 2.48 bits per heavy atom. The molecule has 0 aliphatic heterocycles. The van der Waals surface area contributed by atoms with Crippen LogP contribution in [0.3, 0.4) is 0 Å². The van der Waals surface area contributed by atoms with Crippen molar-refractivity contribution in [3.63, 3.8) is 0 Å². The number of carbonyl (C=O) groups is 1. The molecule has 0 aliphatic rings. The van der Waals surface area contributed by atoms with Gasteiger partial charge in [-0.2, -0.15) is 0 Å². The Labute approximate surface area is 172 Å². The van der Waals surface area contributed by atoms with Gasteiger partial charge in [0.05, 0.1) is 11.4 Å². The van der Waals surface area contributed by atoms with Crippen LogP contribution >= 0.6 is 11.8 Å². The third-order valence-electron chi connectivity index (χ3n) is 4.73. The maximum Gasteiger partial charge on any atom is 0.332 e. The van der Waals surface area contributed by atoms with Crippen molar-refractivity contribution in [1.29, 1.82) is 0 Å². The Kier molecular flexibility index (Phi) is 6.22. The lowest BCUT2D eigenvalue weighted by Gasteiger charge is -2.17. The Balaban J connectivity index is 1.94. The van der Waals surface area contributed by atoms with Gasteiger partial charge in [0, 0.05) is 26.0 Å². The van der Waals surface area contributed by atoms with Crippen LogP contribution in [0.1, 0.15) is 30.9 Å². The van der Waals surface area contributed by atoms with Crippen LogP contribution in [0.15, 0.2) is 46.1 Å². The minimum absolute atomic E-state index is 0.0427. The molecule has 0 bridgehead atoms. The maximum absolute atomic E-state index is 12.8. The van der Waals surface area contributed by atoms with Crippen molar-refractivity contribution >= 4 is 34.4 Å². The summed E-state index contributed by atoms with van der Waals surface area (Å²) in [4.78, 5) is 42.0. The van der Waals surface area contributed by atoms with Crippen molar-refractivity contribution in [1.82, 2.24) is 14.1 Å². The molecule has 1 N–H and O–H groups in total. The molecule has 7 nitrogen and oxygen atoms in total. The van der Waals surface area contributed by atoms with Gasteiger partial charge in [0.15, 0.2) is 5.65 Å². The van der Waals surface area contributed by atoms with E-state index in [0.29, 0.717) is 5.69 Å². The van der Waals surface area contributed by atoms with Crippen LogP contribution in [-0.4, -0.2) is 25.8 Å². The first-order chi connectivity index (χ1) is 13.8. The van der Waals surface area contributed by atoms with Gasteiger partial charge >= 0.3 is 5.69 Å². The van der Waals surface area contributed by atoms with Crippen LogP contribution in [0.25, 0.3) is 11.0 Å². The molecular weight excluding hydrogens is 388 g/mol. The second-order valence-electron chi connectivity index (χ2n) is 7.17. The molecule has 8 heteroatoms. The fraction of sp³-hybridized carbons (Fsp3) is 0.333. The standard InChI is InChI=1S/C21H24N4O3S/c1-13(2)15-10-22-19-17(20(27)25(4)21(28)24(19)3)18(15)23-16(26)12-29-11-14-8-6-5-7-9-14/h5-10,13H,11-12H2,1-4H3,(H,22,23,26). The minimum atomic E-state index is -0.467. The summed E-state index contributed by atoms with van der Waals surface area (Å²) in [6.07, 6.45) is 1.62. The number of fused-ring (bicyclic) bond motifs is 1. The van der Waals surface area contributed by atoms with Gasteiger partial charge in [0.25, 0.3) is 5.56 Å². The first kappa shape index (κ1) is 20.9. The highest BCUT2D eigenvalue weighted by Crippen LogP contribution is 2.28. The zero-order valence-corrected chi connectivity index (χ0v) is 17.7. The zero-order chi connectivity index (χ0) is 21.1. The summed E-state index contributed by atoms with van der Waals surface area (Å²) >= 11 is 1.50. The monoisotopic (exact) mass is 412 g/mol. The summed E-state index contributed by atoms with van der Waals surface area (Å²) in [7, 11) is 2.99. The topological polar surface area (TPSA) is 86.0 Å². The first-order valence-electron chi connectivity index (χ1n) is 9.31. The van der Waals surface area contributed by atoms with Crippen LogP contribution in [0.5, 0.6) is 0 Å². The van der Waals surface area contributed by atoms with Crippen LogP contribution in [0.4, 0.5) is 5.69 Å². The predicted molar refractivity (Wildman–Crippen MR) is 118 cm³/mol. The number of anilines is 1. The lowest BCUT2D eigenvalue weighted by Crippen LogP contribution is -2.38. The second-order valence-corrected chi connectivity index (χ2v) is 8.16. The Hall–Kier alpha value is -2.87. The van der Waals surface area contributed by atoms with Crippen LogP contribution < -0.4 is 16.6 Å². The second kappa shape index (κ2) is 8.65. The number of thioether (sulfide) groups is 1. The van der Waals surface area contributed by atoms with Crippen molar-refractivity contribution < 1.29 is 4.79 Å². The third kappa shape index (κ3) is 4.27. The first-order valence-corrected chi connectivity index (χ1v) is 10.5. The largest absolute Gasteiger partial charge is 0.332 e. The fourth-order valence-corrected chi connectivity index (χ4v) is 3.91. The van der Waals surface area contributed by atoms with Crippen molar-refractivity contribution in [3.05, 3.63) is 68.5 Å². The van der Waals surface area contributed by atoms with Gasteiger partial charge in [0.1, 0.15) is 5.39 Å². The molecular formula is C21H24N4O3S. The van der Waals surface area contributed by atoms with Gasteiger partial charge < -0.3 is 5.32 Å². The SMILES string of the molecule is CC(C)c1cnc2c(c1NC(=O)CSCc1ccccc1)c(=O)n(C)c(=O)n2C. The van der Waals surface area contributed by atoms with Crippen LogP contribution in [-0.2, 0) is 24.6 Å². The average molecular weight is 413 g/mol. The van der Waals surface area contributed by atoms with E-state index in [-0.39, 0.29) is 28.6 Å². The number of carbonyl (C=O) groups excluding carboxylic acids is 1. The molecule has 0 unspecified atom stereocenters. The zero-order valence-electron chi connectivity index (χ0n) is 16.9. The quantitative estimate of drug-likeness (QED) is 0.673. The molecule has 152 valence electrons. The molecule has 0 aliphatic carbocycles. The van der Waals surface area contributed by atoms with Gasteiger partial charge in [-0.3, -0.25) is 18.7 Å². The van der Waals surface area contributed by atoms with E-state index >= 15 is 0 Å². The van der Waals surface area contributed by atoms with Crippen molar-refractivity contribution in [2.45, 2.75) is 25.5 Å². The van der Waals surface area contributed by atoms with E-state index in [2.05, 4.69) is 10.3 Å². The molecule has 3 aromatic rings. The molecule has 0 saturated carbocycles. The molecule has 0 fully saturated rings. The number of hydrogen-bond acceptors (Lipinski definition) is 5. The van der Waals surface area contributed by atoms with E-state index in [4.69, 9.17) is 0 Å². The van der Waals surface area contributed by atoms with Crippen molar-refractivity contribution in [2.24, 2.45) is 14.1 Å². The summed E-state index contributed by atoms with van der Waals surface area (Å²) < 4.78 is 2.36. The molecule has 0 saturated heterocycles. The Bertz CT molecular complexity index is 1170. The highest BCUT2D eigenvalue weighted by molar-refractivity contribution is 7.99. The smallest absolute Gasteiger partial charge is 0.324 e. The predicted octanol–water partition coefficient (Wildman–Crippen LogP) is 2.63. The Morgan fingerprint density at radius 1 is 1.14 bits per heavy atom. The average Bonchev–Trinajstić information content (AvgIpc) is 2.71. The Morgan fingerprint density at radius 2 is 1.83 bits per heavy atom. The number of amides is 1. The molecule has 0 atom stereocenters. The summed E-state index contributed by atoms with van der Waals surface area (Å²) in [5, 5.41) is 3.16. The molecule has 2 aromatic heterocycles. The van der Waals surface area contributed by atoms with Gasteiger partial charge in [0.2, 0.25) is 5.91 Å². The van der Waals surface area contributed by atoms with Crippen LogP contribution in [0.2, 0.25) is 0 Å². The minimum Gasteiger partial charge on any atom is -0.324 e. The summed E-state index contributed by atoms with van der Waals surface area (Å²) in [5.74, 6) is 0.818. The molecule has 0 spiro atoms. The van der Waals surface area contributed by atoms with E-state index in [0.717, 1.165) is 21.4 Å². The highest BCUT2D eigenvalue weighted by atomic mass is 32.2. The van der Waals surface area contributed by atoms with E-state index in [1.54, 1.807) is 13.2 Å². The maximum atomic E-state index is 12.8. The van der Waals surface area contributed by atoms with Gasteiger partial charge in [-0.25, -0.2) is 9.78 Å². The molecule has 1 amide bonds. The van der Waals surface area contributed by atoms with Gasteiger partial charge in [-0.05, 0) is 17.0 Å². The van der Waals surface area contributed by atoms with E-state index in [9.17, 15) is 14.4 Å². The summed E-state index contributed by atoms with van der Waals surface area (Å²) in [5.41, 5.74) is 1.68. The van der Waals surface area contributed by atoms with Crippen molar-refractivity contribution in [3.8, 4) is 0 Å². The van der Waals surface area contributed by atoms with Gasteiger partial charge in [-0.15, -0.1) is 11.8 Å². The summed E-state index contributed by atoms with van der Waals surface area (Å²) in [6.45, 7) is 3.93. The van der Waals surface area contributed by atoms with E-state index < -0.39 is 11.2 Å². The molecule has 3 rings (SSSR count). The molecule has 29 heavy (non-hydrogen) atoms. The van der Waals surface area contributed by atoms with E-state index in [1.807, 2.05) is 44.2 Å². The fourth-order valence-electron chi connectivity index (χ4n) is 3.13. The third-order valence-corrected chi connectivity index (χ3v) is 5.73. The molecule has 1 aromatic carbocycles. The number of benzene rings is 1. The van der Waals surface area contributed by atoms with Gasteiger partial charge in [-0.1, -0.05) is 44.2 Å². The number of aromatic nitrogens is 3. The molecule has 2 heterocycles.